The first-order chi connectivity index (χ1) is 10.5. The second-order valence-corrected chi connectivity index (χ2v) is 6.20. The molecule has 0 spiro atoms. The van der Waals surface area contributed by atoms with E-state index in [9.17, 15) is 4.79 Å². The molecule has 0 fully saturated rings. The van der Waals surface area contributed by atoms with E-state index in [4.69, 9.17) is 0 Å². The predicted molar refractivity (Wildman–Crippen MR) is 91.5 cm³/mol. The van der Waals surface area contributed by atoms with Crippen LogP contribution in [0.15, 0.2) is 41.0 Å². The van der Waals surface area contributed by atoms with Gasteiger partial charge < -0.3 is 5.32 Å². The molecule has 2 aromatic heterocycles. The van der Waals surface area contributed by atoms with E-state index in [1.165, 1.54) is 0 Å². The number of nitrogens with one attached hydrogen (secondary N) is 1. The van der Waals surface area contributed by atoms with Gasteiger partial charge in [0.1, 0.15) is 11.3 Å². The molecule has 1 N–H and O–H groups in total. The SMILES string of the molecule is Cc1ccc(NC(=O)c2c(C)nc3c(C)cccn23)cc1Br. The zero-order valence-electron chi connectivity index (χ0n) is 12.6. The first-order valence-electron chi connectivity index (χ1n) is 6.99. The normalized spacial score (nSPS) is 10.9. The first-order valence-corrected chi connectivity index (χ1v) is 7.78. The number of halogens is 1. The molecule has 5 heteroatoms. The quantitative estimate of drug-likeness (QED) is 0.744. The largest absolute Gasteiger partial charge is 0.321 e. The second-order valence-electron chi connectivity index (χ2n) is 5.35. The number of carbonyl (C=O) groups excluding carboxylic acids is 1. The lowest BCUT2D eigenvalue weighted by Gasteiger charge is -2.08. The number of aromatic nitrogens is 2. The Morgan fingerprint density at radius 3 is 2.68 bits per heavy atom. The van der Waals surface area contributed by atoms with Gasteiger partial charge in [-0.25, -0.2) is 4.98 Å². The maximum Gasteiger partial charge on any atom is 0.274 e. The summed E-state index contributed by atoms with van der Waals surface area (Å²) in [6.45, 7) is 5.85. The fraction of sp³-hybridized carbons (Fsp3) is 0.176. The molecule has 0 radical (unpaired) electrons. The lowest BCUT2D eigenvalue weighted by Crippen LogP contribution is -2.15. The number of amides is 1. The Kier molecular flexibility index (Phi) is 3.74. The first kappa shape index (κ1) is 14.8. The fourth-order valence-electron chi connectivity index (χ4n) is 2.45. The van der Waals surface area contributed by atoms with Crippen LogP contribution in [0.5, 0.6) is 0 Å². The third kappa shape index (κ3) is 2.52. The fourth-order valence-corrected chi connectivity index (χ4v) is 2.83. The molecule has 0 aliphatic heterocycles. The molecule has 22 heavy (non-hydrogen) atoms. The van der Waals surface area contributed by atoms with Crippen molar-refractivity contribution in [3.05, 3.63) is 63.5 Å². The Morgan fingerprint density at radius 1 is 1.18 bits per heavy atom. The zero-order chi connectivity index (χ0) is 15.9. The van der Waals surface area contributed by atoms with Crippen LogP contribution in [0.4, 0.5) is 5.69 Å². The Bertz CT molecular complexity index is 883. The molecule has 1 amide bonds. The monoisotopic (exact) mass is 357 g/mol. The number of hydrogen-bond acceptors (Lipinski definition) is 2. The average molecular weight is 358 g/mol. The Balaban J connectivity index is 2.00. The van der Waals surface area contributed by atoms with Crippen molar-refractivity contribution in [1.29, 1.82) is 0 Å². The molecule has 3 aromatic rings. The van der Waals surface area contributed by atoms with Crippen molar-refractivity contribution in [3.63, 3.8) is 0 Å². The second kappa shape index (κ2) is 5.57. The summed E-state index contributed by atoms with van der Waals surface area (Å²) >= 11 is 3.48. The van der Waals surface area contributed by atoms with E-state index in [0.29, 0.717) is 5.69 Å². The summed E-state index contributed by atoms with van der Waals surface area (Å²) < 4.78 is 2.81. The summed E-state index contributed by atoms with van der Waals surface area (Å²) in [5.74, 6) is -0.161. The van der Waals surface area contributed by atoms with E-state index >= 15 is 0 Å². The molecule has 0 aliphatic carbocycles. The van der Waals surface area contributed by atoms with Gasteiger partial charge in [0, 0.05) is 16.4 Å². The Hall–Kier alpha value is -2.14. The van der Waals surface area contributed by atoms with Crippen molar-refractivity contribution >= 4 is 33.2 Å². The van der Waals surface area contributed by atoms with Gasteiger partial charge >= 0.3 is 0 Å². The highest BCUT2D eigenvalue weighted by atomic mass is 79.9. The van der Waals surface area contributed by atoms with Crippen molar-refractivity contribution in [2.45, 2.75) is 20.8 Å². The van der Waals surface area contributed by atoms with Crippen molar-refractivity contribution in [2.24, 2.45) is 0 Å². The van der Waals surface area contributed by atoms with Gasteiger partial charge in [0.2, 0.25) is 0 Å². The number of carbonyl (C=O) groups is 1. The van der Waals surface area contributed by atoms with E-state index in [1.807, 2.05) is 61.7 Å². The van der Waals surface area contributed by atoms with Gasteiger partial charge in [-0.2, -0.15) is 0 Å². The smallest absolute Gasteiger partial charge is 0.274 e. The Morgan fingerprint density at radius 2 is 1.95 bits per heavy atom. The van der Waals surface area contributed by atoms with Crippen molar-refractivity contribution < 1.29 is 4.79 Å². The number of rotatable bonds is 2. The molecule has 1 aromatic carbocycles. The predicted octanol–water partition coefficient (Wildman–Crippen LogP) is 4.27. The maximum absolute atomic E-state index is 12.6. The molecule has 0 saturated heterocycles. The van der Waals surface area contributed by atoms with Crippen LogP contribution in [0, 0.1) is 20.8 Å². The molecule has 2 heterocycles. The molecule has 4 nitrogen and oxygen atoms in total. The minimum absolute atomic E-state index is 0.161. The molecule has 0 atom stereocenters. The standard InChI is InChI=1S/C17H16BrN3O/c1-10-6-7-13(9-14(10)18)20-17(22)15-12(3)19-16-11(2)5-4-8-21(15)16/h4-9H,1-3H3,(H,20,22). The number of pyridine rings is 1. The number of hydrogen-bond donors (Lipinski definition) is 1. The third-order valence-electron chi connectivity index (χ3n) is 3.66. The highest BCUT2D eigenvalue weighted by molar-refractivity contribution is 9.10. The number of nitrogens with zero attached hydrogens (tertiary/aromatic N) is 2. The van der Waals surface area contributed by atoms with Crippen molar-refractivity contribution in [1.82, 2.24) is 9.38 Å². The summed E-state index contributed by atoms with van der Waals surface area (Å²) in [6.07, 6.45) is 1.86. The maximum atomic E-state index is 12.6. The molecule has 3 rings (SSSR count). The topological polar surface area (TPSA) is 46.4 Å². The van der Waals surface area contributed by atoms with Gasteiger partial charge in [-0.1, -0.05) is 28.1 Å². The highest BCUT2D eigenvalue weighted by Gasteiger charge is 2.17. The zero-order valence-corrected chi connectivity index (χ0v) is 14.2. The van der Waals surface area contributed by atoms with Gasteiger partial charge in [0.05, 0.1) is 5.69 Å². The average Bonchev–Trinajstić information content (AvgIpc) is 2.81. The molecule has 0 aliphatic rings. The highest BCUT2D eigenvalue weighted by Crippen LogP contribution is 2.22. The molecular weight excluding hydrogens is 342 g/mol. The minimum Gasteiger partial charge on any atom is -0.321 e. The van der Waals surface area contributed by atoms with Gasteiger partial charge in [-0.05, 0) is 50.1 Å². The summed E-state index contributed by atoms with van der Waals surface area (Å²) in [5, 5.41) is 2.94. The molecule has 0 bridgehead atoms. The summed E-state index contributed by atoms with van der Waals surface area (Å²) in [6, 6.07) is 9.66. The molecule has 0 saturated carbocycles. The van der Waals surface area contributed by atoms with Gasteiger partial charge in [0.25, 0.3) is 5.91 Å². The van der Waals surface area contributed by atoms with Crippen LogP contribution < -0.4 is 5.32 Å². The van der Waals surface area contributed by atoms with Crippen LogP contribution in [-0.2, 0) is 0 Å². The molecule has 0 unspecified atom stereocenters. The number of anilines is 1. The van der Waals surface area contributed by atoms with E-state index in [-0.39, 0.29) is 5.91 Å². The van der Waals surface area contributed by atoms with Crippen LogP contribution in [-0.4, -0.2) is 15.3 Å². The number of benzene rings is 1. The van der Waals surface area contributed by atoms with Crippen molar-refractivity contribution in [3.8, 4) is 0 Å². The van der Waals surface area contributed by atoms with Crippen LogP contribution in [0.3, 0.4) is 0 Å². The van der Waals surface area contributed by atoms with E-state index in [2.05, 4.69) is 26.2 Å². The van der Waals surface area contributed by atoms with Crippen LogP contribution in [0.1, 0.15) is 27.3 Å². The van der Waals surface area contributed by atoms with E-state index < -0.39 is 0 Å². The number of imidazole rings is 1. The van der Waals surface area contributed by atoms with Gasteiger partial charge in [0.15, 0.2) is 0 Å². The minimum atomic E-state index is -0.161. The lowest BCUT2D eigenvalue weighted by molar-refractivity contribution is 0.102. The number of fused-ring (bicyclic) bond motifs is 1. The summed E-state index contributed by atoms with van der Waals surface area (Å²) in [4.78, 5) is 17.1. The van der Waals surface area contributed by atoms with E-state index in [1.54, 1.807) is 0 Å². The molecular formula is C17H16BrN3O. The Labute approximate surface area is 137 Å². The third-order valence-corrected chi connectivity index (χ3v) is 4.52. The number of aryl methyl sites for hydroxylation is 3. The lowest BCUT2D eigenvalue weighted by atomic mass is 10.2. The van der Waals surface area contributed by atoms with Crippen molar-refractivity contribution in [2.75, 3.05) is 5.32 Å². The summed E-state index contributed by atoms with van der Waals surface area (Å²) in [7, 11) is 0. The van der Waals surface area contributed by atoms with Crippen LogP contribution in [0.25, 0.3) is 5.65 Å². The van der Waals surface area contributed by atoms with Gasteiger partial charge in [-0.15, -0.1) is 0 Å². The van der Waals surface area contributed by atoms with Gasteiger partial charge in [-0.3, -0.25) is 9.20 Å². The van der Waals surface area contributed by atoms with Crippen LogP contribution >= 0.6 is 15.9 Å². The van der Waals surface area contributed by atoms with Crippen LogP contribution in [0.2, 0.25) is 0 Å². The summed E-state index contributed by atoms with van der Waals surface area (Å²) in [5.41, 5.74) is 5.02. The molecule has 112 valence electrons. The van der Waals surface area contributed by atoms with E-state index in [0.717, 1.165) is 32.6 Å².